The Morgan fingerprint density at radius 3 is 2.68 bits per heavy atom. The van der Waals surface area contributed by atoms with E-state index in [1.165, 1.54) is 11.3 Å². The van der Waals surface area contributed by atoms with Crippen molar-refractivity contribution in [1.82, 2.24) is 4.98 Å². The summed E-state index contributed by atoms with van der Waals surface area (Å²) in [5.74, 6) is 0.761. The molecule has 1 heterocycles. The Kier molecular flexibility index (Phi) is 4.47. The molecule has 1 aromatic heterocycles. The van der Waals surface area contributed by atoms with Crippen molar-refractivity contribution in [2.24, 2.45) is 0 Å². The van der Waals surface area contributed by atoms with Crippen molar-refractivity contribution in [3.63, 3.8) is 0 Å². The predicted molar refractivity (Wildman–Crippen MR) is 77.8 cm³/mol. The summed E-state index contributed by atoms with van der Waals surface area (Å²) in [7, 11) is 0. The third-order valence-corrected chi connectivity index (χ3v) is 3.51. The Hall–Kier alpha value is -1.94. The molecule has 0 saturated heterocycles. The minimum atomic E-state index is -0.0177. The molecule has 19 heavy (non-hydrogen) atoms. The number of carbonyl (C=O) groups is 1. The fraction of sp³-hybridized carbons (Fsp3) is 0.200. The standard InChI is InChI=1S/C15H15NO2S/c1-3-18-13-6-4-12(5-7-13)14(17)8-9-15-11(2)16-10-19-15/h4-10H,3H2,1-2H3/b9-8+. The highest BCUT2D eigenvalue weighted by atomic mass is 32.1. The van der Waals surface area contributed by atoms with Gasteiger partial charge in [-0.25, -0.2) is 4.98 Å². The molecule has 98 valence electrons. The van der Waals surface area contributed by atoms with E-state index in [1.807, 2.05) is 32.1 Å². The molecule has 0 bridgehead atoms. The van der Waals surface area contributed by atoms with E-state index < -0.39 is 0 Å². The normalized spacial score (nSPS) is 10.8. The van der Waals surface area contributed by atoms with E-state index in [0.29, 0.717) is 12.2 Å². The van der Waals surface area contributed by atoms with Gasteiger partial charge in [-0.3, -0.25) is 4.79 Å². The molecule has 0 fully saturated rings. The zero-order valence-electron chi connectivity index (χ0n) is 10.9. The van der Waals surface area contributed by atoms with Crippen LogP contribution in [0.15, 0.2) is 35.9 Å². The minimum Gasteiger partial charge on any atom is -0.494 e. The third kappa shape index (κ3) is 3.51. The van der Waals surface area contributed by atoms with Gasteiger partial charge < -0.3 is 4.74 Å². The predicted octanol–water partition coefficient (Wildman–Crippen LogP) is 3.75. The first-order valence-electron chi connectivity index (χ1n) is 6.06. The average molecular weight is 273 g/mol. The molecule has 0 aliphatic heterocycles. The largest absolute Gasteiger partial charge is 0.494 e. The highest BCUT2D eigenvalue weighted by molar-refractivity contribution is 7.10. The highest BCUT2D eigenvalue weighted by Crippen LogP contribution is 2.16. The number of nitrogens with zero attached hydrogens (tertiary/aromatic N) is 1. The smallest absolute Gasteiger partial charge is 0.185 e. The molecule has 0 radical (unpaired) electrons. The molecule has 0 amide bonds. The lowest BCUT2D eigenvalue weighted by atomic mass is 10.1. The van der Waals surface area contributed by atoms with E-state index in [1.54, 1.807) is 23.7 Å². The minimum absolute atomic E-state index is 0.0177. The van der Waals surface area contributed by atoms with E-state index in [2.05, 4.69) is 4.98 Å². The first-order valence-corrected chi connectivity index (χ1v) is 6.94. The Morgan fingerprint density at radius 1 is 1.37 bits per heavy atom. The van der Waals surface area contributed by atoms with Crippen molar-refractivity contribution in [2.75, 3.05) is 6.61 Å². The van der Waals surface area contributed by atoms with Gasteiger partial charge in [-0.15, -0.1) is 11.3 Å². The lowest BCUT2D eigenvalue weighted by Crippen LogP contribution is -1.95. The van der Waals surface area contributed by atoms with Crippen LogP contribution in [0.5, 0.6) is 5.75 Å². The Balaban J connectivity index is 2.07. The number of benzene rings is 1. The van der Waals surface area contributed by atoms with Crippen molar-refractivity contribution < 1.29 is 9.53 Å². The van der Waals surface area contributed by atoms with Gasteiger partial charge in [-0.05, 0) is 50.3 Å². The summed E-state index contributed by atoms with van der Waals surface area (Å²) < 4.78 is 5.34. The van der Waals surface area contributed by atoms with Crippen molar-refractivity contribution in [2.45, 2.75) is 13.8 Å². The lowest BCUT2D eigenvalue weighted by Gasteiger charge is -2.02. The molecule has 0 aliphatic carbocycles. The third-order valence-electron chi connectivity index (χ3n) is 2.62. The lowest BCUT2D eigenvalue weighted by molar-refractivity contribution is 0.104. The number of aryl methyl sites for hydroxylation is 1. The van der Waals surface area contributed by atoms with E-state index in [4.69, 9.17) is 4.74 Å². The summed E-state index contributed by atoms with van der Waals surface area (Å²) in [5.41, 5.74) is 3.37. The molecule has 0 unspecified atom stereocenters. The molecule has 0 N–H and O–H groups in total. The number of thiazole rings is 1. The zero-order chi connectivity index (χ0) is 13.7. The molecule has 0 spiro atoms. The van der Waals surface area contributed by atoms with Crippen LogP contribution in [0, 0.1) is 6.92 Å². The SMILES string of the molecule is CCOc1ccc(C(=O)/C=C/c2scnc2C)cc1. The van der Waals surface area contributed by atoms with Gasteiger partial charge >= 0.3 is 0 Å². The van der Waals surface area contributed by atoms with E-state index in [9.17, 15) is 4.79 Å². The molecule has 0 aliphatic rings. The second-order valence-corrected chi connectivity index (χ2v) is 4.84. The Morgan fingerprint density at radius 2 is 2.11 bits per heavy atom. The summed E-state index contributed by atoms with van der Waals surface area (Å²) >= 11 is 1.53. The van der Waals surface area contributed by atoms with Crippen LogP contribution in [-0.2, 0) is 0 Å². The van der Waals surface area contributed by atoms with Gasteiger partial charge in [0.15, 0.2) is 5.78 Å². The number of hydrogen-bond donors (Lipinski definition) is 0. The summed E-state index contributed by atoms with van der Waals surface area (Å²) in [6.45, 7) is 4.48. The van der Waals surface area contributed by atoms with Gasteiger partial charge in [-0.1, -0.05) is 0 Å². The molecule has 3 nitrogen and oxygen atoms in total. The van der Waals surface area contributed by atoms with Crippen LogP contribution in [0.3, 0.4) is 0 Å². The molecule has 2 aromatic rings. The number of carbonyl (C=O) groups excluding carboxylic acids is 1. The molecule has 0 saturated carbocycles. The molecule has 1 aromatic carbocycles. The van der Waals surface area contributed by atoms with Crippen molar-refractivity contribution in [3.8, 4) is 5.75 Å². The molecular weight excluding hydrogens is 258 g/mol. The van der Waals surface area contributed by atoms with Gasteiger partial charge in [0, 0.05) is 10.4 Å². The Labute approximate surface area is 116 Å². The number of ketones is 1. The van der Waals surface area contributed by atoms with Crippen molar-refractivity contribution in [3.05, 3.63) is 52.0 Å². The van der Waals surface area contributed by atoms with Gasteiger partial charge in [0.25, 0.3) is 0 Å². The maximum Gasteiger partial charge on any atom is 0.185 e. The molecule has 0 atom stereocenters. The summed E-state index contributed by atoms with van der Waals surface area (Å²) in [5, 5.41) is 0. The van der Waals surface area contributed by atoms with Gasteiger partial charge in [0.05, 0.1) is 17.8 Å². The van der Waals surface area contributed by atoms with Crippen LogP contribution >= 0.6 is 11.3 Å². The van der Waals surface area contributed by atoms with Crippen LogP contribution in [-0.4, -0.2) is 17.4 Å². The Bertz CT molecular complexity index is 584. The first-order chi connectivity index (χ1) is 9.20. The fourth-order valence-electron chi connectivity index (χ4n) is 1.60. The number of rotatable bonds is 5. The number of aromatic nitrogens is 1. The summed E-state index contributed by atoms with van der Waals surface area (Å²) in [6, 6.07) is 7.17. The van der Waals surface area contributed by atoms with E-state index >= 15 is 0 Å². The van der Waals surface area contributed by atoms with Crippen LogP contribution in [0.2, 0.25) is 0 Å². The maximum absolute atomic E-state index is 12.0. The molecule has 2 rings (SSSR count). The second kappa shape index (κ2) is 6.29. The van der Waals surface area contributed by atoms with Crippen LogP contribution in [0.1, 0.15) is 27.9 Å². The number of hydrogen-bond acceptors (Lipinski definition) is 4. The second-order valence-electron chi connectivity index (χ2n) is 3.96. The highest BCUT2D eigenvalue weighted by Gasteiger charge is 2.03. The summed E-state index contributed by atoms with van der Waals surface area (Å²) in [4.78, 5) is 17.1. The topological polar surface area (TPSA) is 39.2 Å². The monoisotopic (exact) mass is 273 g/mol. The van der Waals surface area contributed by atoms with Crippen molar-refractivity contribution >= 4 is 23.2 Å². The zero-order valence-corrected chi connectivity index (χ0v) is 11.7. The fourth-order valence-corrected chi connectivity index (χ4v) is 2.29. The average Bonchev–Trinajstić information content (AvgIpc) is 2.83. The van der Waals surface area contributed by atoms with Gasteiger partial charge in [0.2, 0.25) is 0 Å². The van der Waals surface area contributed by atoms with E-state index in [0.717, 1.165) is 16.3 Å². The first kappa shape index (κ1) is 13.5. The van der Waals surface area contributed by atoms with Crippen LogP contribution in [0.4, 0.5) is 0 Å². The number of ether oxygens (including phenoxy) is 1. The van der Waals surface area contributed by atoms with Crippen molar-refractivity contribution in [1.29, 1.82) is 0 Å². The van der Waals surface area contributed by atoms with Crippen LogP contribution < -0.4 is 4.74 Å². The molecular formula is C15H15NO2S. The summed E-state index contributed by atoms with van der Waals surface area (Å²) in [6.07, 6.45) is 3.39. The van der Waals surface area contributed by atoms with Gasteiger partial charge in [-0.2, -0.15) is 0 Å². The van der Waals surface area contributed by atoms with Crippen LogP contribution in [0.25, 0.3) is 6.08 Å². The molecule has 4 heteroatoms. The number of allylic oxidation sites excluding steroid dienone is 1. The maximum atomic E-state index is 12.0. The van der Waals surface area contributed by atoms with E-state index in [-0.39, 0.29) is 5.78 Å². The quantitative estimate of drug-likeness (QED) is 0.615. The van der Waals surface area contributed by atoms with Gasteiger partial charge in [0.1, 0.15) is 5.75 Å².